The van der Waals surface area contributed by atoms with Gasteiger partial charge in [-0.2, -0.15) is 0 Å². The summed E-state index contributed by atoms with van der Waals surface area (Å²) in [5.41, 5.74) is 0. The molecule has 2 nitrogen and oxygen atoms in total. The maximum atomic E-state index is 11.4. The largest absolute Gasteiger partial charge is 0.515 e. The van der Waals surface area contributed by atoms with E-state index >= 15 is 0 Å². The summed E-state index contributed by atoms with van der Waals surface area (Å²) in [5, 5.41) is 8.47. The SMILES string of the molecule is O=C(/C=C/O)C1CC2CCC1C2. The summed E-state index contributed by atoms with van der Waals surface area (Å²) in [6.45, 7) is 0. The highest BCUT2D eigenvalue weighted by molar-refractivity contribution is 5.92. The van der Waals surface area contributed by atoms with Crippen LogP contribution in [0, 0.1) is 17.8 Å². The molecule has 0 aromatic rings. The van der Waals surface area contributed by atoms with E-state index in [-0.39, 0.29) is 11.7 Å². The molecular formula is C10H14O2. The smallest absolute Gasteiger partial charge is 0.162 e. The lowest BCUT2D eigenvalue weighted by Gasteiger charge is -2.18. The van der Waals surface area contributed by atoms with E-state index in [2.05, 4.69) is 0 Å². The lowest BCUT2D eigenvalue weighted by molar-refractivity contribution is -0.119. The number of allylic oxidation sites excluding steroid dienone is 1. The first-order valence-electron chi connectivity index (χ1n) is 4.66. The van der Waals surface area contributed by atoms with E-state index < -0.39 is 0 Å². The van der Waals surface area contributed by atoms with Crippen LogP contribution in [0.5, 0.6) is 0 Å². The van der Waals surface area contributed by atoms with E-state index in [1.165, 1.54) is 25.3 Å². The predicted molar refractivity (Wildman–Crippen MR) is 45.7 cm³/mol. The first-order valence-corrected chi connectivity index (χ1v) is 4.66. The molecule has 0 aliphatic heterocycles. The zero-order chi connectivity index (χ0) is 8.55. The molecule has 2 heteroatoms. The standard InChI is InChI=1S/C10H14O2/c11-4-3-10(12)9-6-7-1-2-8(9)5-7/h3-4,7-9,11H,1-2,5-6H2/b4-3+. The van der Waals surface area contributed by atoms with Crippen LogP contribution in [0.4, 0.5) is 0 Å². The molecule has 0 heterocycles. The Bertz CT molecular complexity index is 220. The van der Waals surface area contributed by atoms with Crippen LogP contribution in [-0.4, -0.2) is 10.9 Å². The molecule has 0 saturated heterocycles. The van der Waals surface area contributed by atoms with Crippen molar-refractivity contribution in [3.8, 4) is 0 Å². The van der Waals surface area contributed by atoms with Crippen molar-refractivity contribution in [3.63, 3.8) is 0 Å². The Hall–Kier alpha value is -0.790. The second-order valence-corrected chi connectivity index (χ2v) is 4.00. The number of carbonyl (C=O) groups excluding carboxylic acids is 1. The van der Waals surface area contributed by atoms with Gasteiger partial charge in [0.15, 0.2) is 5.78 Å². The maximum absolute atomic E-state index is 11.4. The Kier molecular flexibility index (Phi) is 1.91. The van der Waals surface area contributed by atoms with Gasteiger partial charge in [0.2, 0.25) is 0 Å². The molecule has 0 radical (unpaired) electrons. The van der Waals surface area contributed by atoms with Gasteiger partial charge in [-0.25, -0.2) is 0 Å². The van der Waals surface area contributed by atoms with Crippen molar-refractivity contribution in [1.29, 1.82) is 0 Å². The van der Waals surface area contributed by atoms with E-state index in [1.54, 1.807) is 0 Å². The molecular weight excluding hydrogens is 152 g/mol. The number of carbonyl (C=O) groups is 1. The van der Waals surface area contributed by atoms with Crippen LogP contribution in [0.3, 0.4) is 0 Å². The van der Waals surface area contributed by atoms with Crippen molar-refractivity contribution < 1.29 is 9.90 Å². The summed E-state index contributed by atoms with van der Waals surface area (Å²) in [5.74, 6) is 1.78. The molecule has 66 valence electrons. The second-order valence-electron chi connectivity index (χ2n) is 4.00. The zero-order valence-corrected chi connectivity index (χ0v) is 7.07. The van der Waals surface area contributed by atoms with Crippen molar-refractivity contribution in [2.45, 2.75) is 25.7 Å². The van der Waals surface area contributed by atoms with Crippen LogP contribution in [0.2, 0.25) is 0 Å². The monoisotopic (exact) mass is 166 g/mol. The Morgan fingerprint density at radius 2 is 2.17 bits per heavy atom. The van der Waals surface area contributed by atoms with Gasteiger partial charge in [0, 0.05) is 12.0 Å². The fourth-order valence-corrected chi connectivity index (χ4v) is 2.79. The van der Waals surface area contributed by atoms with Gasteiger partial charge in [-0.15, -0.1) is 0 Å². The summed E-state index contributed by atoms with van der Waals surface area (Å²) < 4.78 is 0. The van der Waals surface area contributed by atoms with Gasteiger partial charge in [-0.1, -0.05) is 6.42 Å². The molecule has 0 amide bonds. The molecule has 3 unspecified atom stereocenters. The Morgan fingerprint density at radius 3 is 2.67 bits per heavy atom. The van der Waals surface area contributed by atoms with Gasteiger partial charge >= 0.3 is 0 Å². The number of hydrogen-bond acceptors (Lipinski definition) is 2. The van der Waals surface area contributed by atoms with E-state index in [4.69, 9.17) is 5.11 Å². The molecule has 2 aliphatic rings. The highest BCUT2D eigenvalue weighted by atomic mass is 16.2. The molecule has 0 aromatic carbocycles. The van der Waals surface area contributed by atoms with Crippen molar-refractivity contribution in [2.75, 3.05) is 0 Å². The zero-order valence-electron chi connectivity index (χ0n) is 7.07. The number of fused-ring (bicyclic) bond motifs is 2. The molecule has 0 spiro atoms. The molecule has 12 heavy (non-hydrogen) atoms. The minimum absolute atomic E-state index is 0.129. The molecule has 2 rings (SSSR count). The van der Waals surface area contributed by atoms with Crippen LogP contribution >= 0.6 is 0 Å². The topological polar surface area (TPSA) is 37.3 Å². The minimum Gasteiger partial charge on any atom is -0.515 e. The summed E-state index contributed by atoms with van der Waals surface area (Å²) in [6, 6.07) is 0. The van der Waals surface area contributed by atoms with Crippen LogP contribution in [-0.2, 0) is 4.79 Å². The first-order chi connectivity index (χ1) is 5.81. The van der Waals surface area contributed by atoms with E-state index in [9.17, 15) is 4.79 Å². The third-order valence-electron chi connectivity index (χ3n) is 3.34. The summed E-state index contributed by atoms with van der Waals surface area (Å²) in [7, 11) is 0. The van der Waals surface area contributed by atoms with Crippen molar-refractivity contribution in [1.82, 2.24) is 0 Å². The number of ketones is 1. The minimum atomic E-state index is 0.129. The van der Waals surface area contributed by atoms with Gasteiger partial charge in [0.25, 0.3) is 0 Å². The maximum Gasteiger partial charge on any atom is 0.162 e. The number of aliphatic hydroxyl groups is 1. The van der Waals surface area contributed by atoms with Gasteiger partial charge in [0.05, 0.1) is 6.26 Å². The summed E-state index contributed by atoms with van der Waals surface area (Å²) in [6.07, 6.45) is 7.03. The predicted octanol–water partition coefficient (Wildman–Crippen LogP) is 2.06. The first kappa shape index (κ1) is 7.84. The Balaban J connectivity index is 2.02. The fourth-order valence-electron chi connectivity index (χ4n) is 2.79. The molecule has 2 bridgehead atoms. The lowest BCUT2D eigenvalue weighted by atomic mass is 9.86. The number of aliphatic hydroxyl groups excluding tert-OH is 1. The van der Waals surface area contributed by atoms with Crippen molar-refractivity contribution >= 4 is 5.78 Å². The molecule has 2 saturated carbocycles. The average Bonchev–Trinajstić information content (AvgIpc) is 2.64. The molecule has 3 atom stereocenters. The molecule has 0 aromatic heterocycles. The van der Waals surface area contributed by atoms with Crippen molar-refractivity contribution in [3.05, 3.63) is 12.3 Å². The van der Waals surface area contributed by atoms with Crippen LogP contribution in [0.25, 0.3) is 0 Å². The Morgan fingerprint density at radius 1 is 1.33 bits per heavy atom. The Labute approximate surface area is 72.3 Å². The highest BCUT2D eigenvalue weighted by Gasteiger charge is 2.41. The van der Waals surface area contributed by atoms with Gasteiger partial charge in [0.1, 0.15) is 0 Å². The third kappa shape index (κ3) is 1.15. The normalized spacial score (nSPS) is 39.5. The lowest BCUT2D eigenvalue weighted by Crippen LogP contribution is -2.18. The summed E-state index contributed by atoms with van der Waals surface area (Å²) in [4.78, 5) is 11.4. The van der Waals surface area contributed by atoms with Crippen LogP contribution < -0.4 is 0 Å². The molecule has 2 aliphatic carbocycles. The highest BCUT2D eigenvalue weighted by Crippen LogP contribution is 2.48. The molecule has 1 N–H and O–H groups in total. The fraction of sp³-hybridized carbons (Fsp3) is 0.700. The molecule has 2 fully saturated rings. The van der Waals surface area contributed by atoms with Crippen LogP contribution in [0.15, 0.2) is 12.3 Å². The van der Waals surface area contributed by atoms with Crippen molar-refractivity contribution in [2.24, 2.45) is 17.8 Å². The van der Waals surface area contributed by atoms with Crippen LogP contribution in [0.1, 0.15) is 25.7 Å². The number of rotatable bonds is 2. The quantitative estimate of drug-likeness (QED) is 0.503. The van der Waals surface area contributed by atoms with E-state index in [0.717, 1.165) is 18.6 Å². The van der Waals surface area contributed by atoms with E-state index in [1.807, 2.05) is 0 Å². The second kappa shape index (κ2) is 2.92. The van der Waals surface area contributed by atoms with Gasteiger partial charge in [-0.3, -0.25) is 4.79 Å². The van der Waals surface area contributed by atoms with Gasteiger partial charge in [-0.05, 0) is 31.1 Å². The third-order valence-corrected chi connectivity index (χ3v) is 3.34. The number of hydrogen-bond donors (Lipinski definition) is 1. The summed E-state index contributed by atoms with van der Waals surface area (Å²) >= 11 is 0. The van der Waals surface area contributed by atoms with E-state index in [0.29, 0.717) is 5.92 Å². The average molecular weight is 166 g/mol. The van der Waals surface area contributed by atoms with Gasteiger partial charge < -0.3 is 5.11 Å².